The third-order valence-electron chi connectivity index (χ3n) is 4.27. The Balaban J connectivity index is 2.02. The number of hydrogen-bond donors (Lipinski definition) is 2. The lowest BCUT2D eigenvalue weighted by Crippen LogP contribution is -2.27. The maximum absolute atomic E-state index is 10.6. The van der Waals surface area contributed by atoms with Crippen molar-refractivity contribution in [2.75, 3.05) is 6.54 Å². The fourth-order valence-electron chi connectivity index (χ4n) is 2.90. The van der Waals surface area contributed by atoms with E-state index in [0.717, 1.165) is 27.8 Å². The Hall–Kier alpha value is -2.42. The quantitative estimate of drug-likeness (QED) is 0.662. The molecule has 1 atom stereocenters. The highest BCUT2D eigenvalue weighted by Crippen LogP contribution is 2.30. The highest BCUT2D eigenvalue weighted by atomic mass is 16.3. The molecule has 3 rings (SSSR count). The number of aliphatic hydroxyl groups is 1. The van der Waals surface area contributed by atoms with E-state index in [0.29, 0.717) is 12.6 Å². The molecule has 0 fully saturated rings. The highest BCUT2D eigenvalue weighted by Gasteiger charge is 2.12. The molecule has 3 aromatic rings. The molecule has 0 aliphatic rings. The molecule has 1 unspecified atom stereocenters. The monoisotopic (exact) mass is 331 g/mol. The summed E-state index contributed by atoms with van der Waals surface area (Å²) in [5.74, 6) is 0. The molecule has 0 saturated heterocycles. The van der Waals surface area contributed by atoms with Gasteiger partial charge < -0.3 is 10.4 Å². The van der Waals surface area contributed by atoms with Crippen molar-refractivity contribution in [2.24, 2.45) is 0 Å². The van der Waals surface area contributed by atoms with Crippen molar-refractivity contribution >= 4 is 0 Å². The van der Waals surface area contributed by atoms with Crippen LogP contribution in [0.25, 0.3) is 22.3 Å². The molecule has 0 amide bonds. The van der Waals surface area contributed by atoms with Gasteiger partial charge in [0.1, 0.15) is 0 Å². The number of nitrogens with one attached hydrogen (secondary N) is 1. The average molecular weight is 331 g/mol. The van der Waals surface area contributed by atoms with Crippen LogP contribution in [0.1, 0.15) is 25.5 Å². The second-order valence-corrected chi connectivity index (χ2v) is 6.65. The van der Waals surface area contributed by atoms with Crippen LogP contribution in [0.4, 0.5) is 0 Å². The van der Waals surface area contributed by atoms with Crippen molar-refractivity contribution in [3.8, 4) is 22.3 Å². The average Bonchev–Trinajstić information content (AvgIpc) is 2.67. The van der Waals surface area contributed by atoms with Gasteiger partial charge in [-0.3, -0.25) is 0 Å². The lowest BCUT2D eigenvalue weighted by molar-refractivity contribution is 0.171. The summed E-state index contributed by atoms with van der Waals surface area (Å²) in [6, 6.07) is 27.3. The molecule has 0 bridgehead atoms. The predicted molar refractivity (Wildman–Crippen MR) is 105 cm³/mol. The van der Waals surface area contributed by atoms with Gasteiger partial charge in [0.25, 0.3) is 0 Å². The first kappa shape index (κ1) is 17.4. The third kappa shape index (κ3) is 4.56. The lowest BCUT2D eigenvalue weighted by atomic mass is 9.94. The van der Waals surface area contributed by atoms with Gasteiger partial charge in [-0.05, 0) is 46.0 Å². The largest absolute Gasteiger partial charge is 0.387 e. The first-order valence-electron chi connectivity index (χ1n) is 8.81. The molecule has 25 heavy (non-hydrogen) atoms. The van der Waals surface area contributed by atoms with Gasteiger partial charge in [0, 0.05) is 12.6 Å². The van der Waals surface area contributed by atoms with Gasteiger partial charge in [-0.1, -0.05) is 74.5 Å². The van der Waals surface area contributed by atoms with Crippen molar-refractivity contribution in [1.82, 2.24) is 5.32 Å². The molecule has 0 radical (unpaired) electrons. The van der Waals surface area contributed by atoms with Crippen LogP contribution in [0.15, 0.2) is 78.9 Å². The Morgan fingerprint density at radius 1 is 0.720 bits per heavy atom. The van der Waals surface area contributed by atoms with Crippen LogP contribution in [0.2, 0.25) is 0 Å². The molecule has 2 N–H and O–H groups in total. The van der Waals surface area contributed by atoms with Crippen LogP contribution in [0.5, 0.6) is 0 Å². The number of rotatable bonds is 6. The molecule has 3 aromatic carbocycles. The van der Waals surface area contributed by atoms with Crippen LogP contribution >= 0.6 is 0 Å². The Labute approximate surface area is 150 Å². The van der Waals surface area contributed by atoms with Gasteiger partial charge in [0.15, 0.2) is 0 Å². The minimum atomic E-state index is -0.534. The fraction of sp³-hybridized carbons (Fsp3) is 0.217. The molecular formula is C23H25NO. The molecule has 0 aliphatic carbocycles. The maximum Gasteiger partial charge on any atom is 0.0914 e. The van der Waals surface area contributed by atoms with Crippen LogP contribution in [0.3, 0.4) is 0 Å². The first-order chi connectivity index (χ1) is 12.1. The summed E-state index contributed by atoms with van der Waals surface area (Å²) in [6.45, 7) is 4.72. The summed E-state index contributed by atoms with van der Waals surface area (Å²) in [6.07, 6.45) is -0.534. The van der Waals surface area contributed by atoms with Gasteiger partial charge in [-0.15, -0.1) is 0 Å². The van der Waals surface area contributed by atoms with E-state index in [2.05, 4.69) is 61.6 Å². The Morgan fingerprint density at radius 2 is 1.20 bits per heavy atom. The predicted octanol–water partition coefficient (Wildman–Crippen LogP) is 5.05. The highest BCUT2D eigenvalue weighted by molar-refractivity contribution is 5.74. The fourth-order valence-corrected chi connectivity index (χ4v) is 2.90. The molecule has 0 aliphatic heterocycles. The SMILES string of the molecule is CC(C)NCC(O)c1cc(-c2ccccc2)cc(-c2ccccc2)c1. The summed E-state index contributed by atoms with van der Waals surface area (Å²) >= 11 is 0. The minimum absolute atomic E-state index is 0.348. The number of aliphatic hydroxyl groups excluding tert-OH is 1. The van der Waals surface area contributed by atoms with E-state index in [9.17, 15) is 5.11 Å². The van der Waals surface area contributed by atoms with Gasteiger partial charge in [0.05, 0.1) is 6.10 Å². The van der Waals surface area contributed by atoms with Crippen molar-refractivity contribution in [3.63, 3.8) is 0 Å². The molecule has 0 saturated carbocycles. The summed E-state index contributed by atoms with van der Waals surface area (Å²) in [4.78, 5) is 0. The van der Waals surface area contributed by atoms with Crippen molar-refractivity contribution in [1.29, 1.82) is 0 Å². The topological polar surface area (TPSA) is 32.3 Å². The second-order valence-electron chi connectivity index (χ2n) is 6.65. The van der Waals surface area contributed by atoms with Gasteiger partial charge in [0.2, 0.25) is 0 Å². The van der Waals surface area contributed by atoms with Gasteiger partial charge in [-0.25, -0.2) is 0 Å². The van der Waals surface area contributed by atoms with Crippen molar-refractivity contribution in [2.45, 2.75) is 26.0 Å². The van der Waals surface area contributed by atoms with Gasteiger partial charge in [-0.2, -0.15) is 0 Å². The zero-order valence-corrected chi connectivity index (χ0v) is 14.8. The van der Waals surface area contributed by atoms with Crippen LogP contribution < -0.4 is 5.32 Å². The molecule has 0 aromatic heterocycles. The van der Waals surface area contributed by atoms with Crippen LogP contribution in [-0.4, -0.2) is 17.7 Å². The van der Waals surface area contributed by atoms with Crippen molar-refractivity contribution in [3.05, 3.63) is 84.4 Å². The molecular weight excluding hydrogens is 306 g/mol. The second kappa shape index (κ2) is 8.11. The molecule has 2 nitrogen and oxygen atoms in total. The van der Waals surface area contributed by atoms with E-state index in [-0.39, 0.29) is 0 Å². The Bertz CT molecular complexity index is 739. The van der Waals surface area contributed by atoms with E-state index in [1.54, 1.807) is 0 Å². The Kier molecular flexibility index (Phi) is 5.64. The number of benzene rings is 3. The maximum atomic E-state index is 10.6. The van der Waals surface area contributed by atoms with E-state index in [4.69, 9.17) is 0 Å². The molecule has 2 heteroatoms. The molecule has 128 valence electrons. The smallest absolute Gasteiger partial charge is 0.0914 e. The lowest BCUT2D eigenvalue weighted by Gasteiger charge is -2.17. The zero-order chi connectivity index (χ0) is 17.6. The van der Waals surface area contributed by atoms with E-state index in [1.165, 1.54) is 0 Å². The van der Waals surface area contributed by atoms with Gasteiger partial charge >= 0.3 is 0 Å². The van der Waals surface area contributed by atoms with E-state index in [1.807, 2.05) is 36.4 Å². The number of hydrogen-bond acceptors (Lipinski definition) is 2. The van der Waals surface area contributed by atoms with E-state index >= 15 is 0 Å². The normalized spacial score (nSPS) is 12.3. The van der Waals surface area contributed by atoms with Crippen LogP contribution in [0, 0.1) is 0 Å². The Morgan fingerprint density at radius 3 is 1.64 bits per heavy atom. The molecule has 0 heterocycles. The summed E-state index contributed by atoms with van der Waals surface area (Å²) in [7, 11) is 0. The minimum Gasteiger partial charge on any atom is -0.387 e. The summed E-state index contributed by atoms with van der Waals surface area (Å²) < 4.78 is 0. The van der Waals surface area contributed by atoms with Crippen LogP contribution in [-0.2, 0) is 0 Å². The molecule has 0 spiro atoms. The first-order valence-corrected chi connectivity index (χ1v) is 8.81. The van der Waals surface area contributed by atoms with E-state index < -0.39 is 6.10 Å². The standard InChI is InChI=1S/C23H25NO/c1-17(2)24-16-23(25)22-14-20(18-9-5-3-6-10-18)13-21(15-22)19-11-7-4-8-12-19/h3-15,17,23-25H,16H2,1-2H3. The summed E-state index contributed by atoms with van der Waals surface area (Å²) in [5.41, 5.74) is 5.51. The zero-order valence-electron chi connectivity index (χ0n) is 14.8. The summed E-state index contributed by atoms with van der Waals surface area (Å²) in [5, 5.41) is 14.0. The van der Waals surface area contributed by atoms with Crippen molar-refractivity contribution < 1.29 is 5.11 Å². The third-order valence-corrected chi connectivity index (χ3v) is 4.27.